The Labute approximate surface area is 123 Å². The molecule has 8 heteroatoms. The minimum absolute atomic E-state index is 0.0579. The number of ether oxygens (including phenoxy) is 2. The first-order chi connectivity index (χ1) is 9.90. The van der Waals surface area contributed by atoms with Gasteiger partial charge in [-0.2, -0.15) is 4.31 Å². The van der Waals surface area contributed by atoms with Crippen molar-refractivity contribution in [1.29, 1.82) is 0 Å². The van der Waals surface area contributed by atoms with Crippen molar-refractivity contribution in [1.82, 2.24) is 4.31 Å². The number of rotatable bonds is 5. The minimum atomic E-state index is -3.73. The SMILES string of the molecule is COc1ccc(S(=O)(=O)N2CCC(OC)C2)cc1C(=O)O. The molecule has 1 unspecified atom stereocenters. The van der Waals surface area contributed by atoms with Crippen molar-refractivity contribution in [2.45, 2.75) is 17.4 Å². The molecule has 0 amide bonds. The van der Waals surface area contributed by atoms with Crippen LogP contribution in [-0.2, 0) is 14.8 Å². The Morgan fingerprint density at radius 1 is 1.38 bits per heavy atom. The Hall–Kier alpha value is -1.64. The van der Waals surface area contributed by atoms with E-state index in [9.17, 15) is 13.2 Å². The summed E-state index contributed by atoms with van der Waals surface area (Å²) in [6.45, 7) is 0.628. The van der Waals surface area contributed by atoms with Crippen LogP contribution in [0.25, 0.3) is 0 Å². The second-order valence-electron chi connectivity index (χ2n) is 4.68. The monoisotopic (exact) mass is 315 g/mol. The number of carboxylic acid groups (broad SMARTS) is 1. The average molecular weight is 315 g/mol. The molecule has 116 valence electrons. The number of benzene rings is 1. The second-order valence-corrected chi connectivity index (χ2v) is 6.61. The molecule has 1 saturated heterocycles. The maximum absolute atomic E-state index is 12.5. The third kappa shape index (κ3) is 3.02. The third-order valence-electron chi connectivity index (χ3n) is 3.48. The van der Waals surface area contributed by atoms with Crippen molar-refractivity contribution in [3.05, 3.63) is 23.8 Å². The molecule has 2 rings (SSSR count). The largest absolute Gasteiger partial charge is 0.496 e. The Bertz CT molecular complexity index is 642. The molecule has 1 fully saturated rings. The molecule has 0 saturated carbocycles. The van der Waals surface area contributed by atoms with Crippen molar-refractivity contribution in [3.63, 3.8) is 0 Å². The van der Waals surface area contributed by atoms with E-state index in [1.807, 2.05) is 0 Å². The molecule has 0 bridgehead atoms. The molecule has 1 aromatic rings. The third-order valence-corrected chi connectivity index (χ3v) is 5.34. The summed E-state index contributed by atoms with van der Waals surface area (Å²) in [5.41, 5.74) is -0.180. The zero-order valence-corrected chi connectivity index (χ0v) is 12.6. The van der Waals surface area contributed by atoms with Crippen LogP contribution in [0.2, 0.25) is 0 Å². The second kappa shape index (κ2) is 6.00. The van der Waals surface area contributed by atoms with E-state index in [-0.39, 0.29) is 28.9 Å². The quantitative estimate of drug-likeness (QED) is 0.864. The number of hydrogen-bond donors (Lipinski definition) is 1. The molecule has 1 heterocycles. The standard InChI is InChI=1S/C13H17NO6S/c1-19-9-5-6-14(8-9)21(17,18)10-3-4-12(20-2)11(7-10)13(15)16/h3-4,7,9H,5-6,8H2,1-2H3,(H,15,16). The topological polar surface area (TPSA) is 93.1 Å². The van der Waals surface area contributed by atoms with Gasteiger partial charge < -0.3 is 14.6 Å². The first kappa shape index (κ1) is 15.7. The summed E-state index contributed by atoms with van der Waals surface area (Å²) in [5.74, 6) is -1.11. The van der Waals surface area contributed by atoms with Crippen molar-refractivity contribution < 1.29 is 27.8 Å². The summed E-state index contributed by atoms with van der Waals surface area (Å²) in [6.07, 6.45) is 0.495. The highest BCUT2D eigenvalue weighted by Crippen LogP contribution is 2.27. The lowest BCUT2D eigenvalue weighted by Gasteiger charge is -2.17. The van der Waals surface area contributed by atoms with Gasteiger partial charge in [0, 0.05) is 20.2 Å². The Kier molecular flexibility index (Phi) is 4.50. The maximum atomic E-state index is 12.5. The van der Waals surface area contributed by atoms with Crippen LogP contribution in [0.4, 0.5) is 0 Å². The van der Waals surface area contributed by atoms with Gasteiger partial charge in [0.05, 0.1) is 18.1 Å². The van der Waals surface area contributed by atoms with E-state index in [0.717, 1.165) is 6.07 Å². The molecule has 0 aliphatic carbocycles. The molecule has 1 aliphatic heterocycles. The molecule has 0 aromatic heterocycles. The molecule has 1 atom stereocenters. The summed E-state index contributed by atoms with van der Waals surface area (Å²) >= 11 is 0. The first-order valence-corrected chi connectivity index (χ1v) is 7.78. The molecular weight excluding hydrogens is 298 g/mol. The Morgan fingerprint density at radius 2 is 2.10 bits per heavy atom. The van der Waals surface area contributed by atoms with Gasteiger partial charge in [-0.05, 0) is 24.6 Å². The molecule has 1 aromatic carbocycles. The minimum Gasteiger partial charge on any atom is -0.496 e. The van der Waals surface area contributed by atoms with Crippen LogP contribution in [0.1, 0.15) is 16.8 Å². The fourth-order valence-electron chi connectivity index (χ4n) is 2.27. The molecule has 1 aliphatic rings. The average Bonchev–Trinajstić information content (AvgIpc) is 2.96. The molecule has 0 radical (unpaired) electrons. The fourth-order valence-corrected chi connectivity index (χ4v) is 3.79. The smallest absolute Gasteiger partial charge is 0.339 e. The van der Waals surface area contributed by atoms with E-state index in [1.54, 1.807) is 0 Å². The number of hydrogen-bond acceptors (Lipinski definition) is 5. The molecule has 0 spiro atoms. The Morgan fingerprint density at radius 3 is 2.62 bits per heavy atom. The zero-order chi connectivity index (χ0) is 15.6. The van der Waals surface area contributed by atoms with Gasteiger partial charge in [-0.15, -0.1) is 0 Å². The van der Waals surface area contributed by atoms with E-state index in [4.69, 9.17) is 14.6 Å². The summed E-state index contributed by atoms with van der Waals surface area (Å²) in [7, 11) is -0.857. The maximum Gasteiger partial charge on any atom is 0.339 e. The van der Waals surface area contributed by atoms with Gasteiger partial charge >= 0.3 is 5.97 Å². The molecule has 7 nitrogen and oxygen atoms in total. The number of sulfonamides is 1. The van der Waals surface area contributed by atoms with Gasteiger partial charge in [0.25, 0.3) is 0 Å². The van der Waals surface area contributed by atoms with E-state index in [0.29, 0.717) is 13.0 Å². The highest BCUT2D eigenvalue weighted by Gasteiger charge is 2.33. The lowest BCUT2D eigenvalue weighted by Crippen LogP contribution is -2.30. The van der Waals surface area contributed by atoms with Gasteiger partial charge in [0.15, 0.2) is 0 Å². The number of carbonyl (C=O) groups is 1. The number of carboxylic acids is 1. The normalized spacial score (nSPS) is 19.6. The number of nitrogens with zero attached hydrogens (tertiary/aromatic N) is 1. The van der Waals surface area contributed by atoms with Crippen LogP contribution >= 0.6 is 0 Å². The predicted molar refractivity (Wildman–Crippen MR) is 74.1 cm³/mol. The van der Waals surface area contributed by atoms with Crippen LogP contribution in [0, 0.1) is 0 Å². The Balaban J connectivity index is 2.37. The molecular formula is C13H17NO6S. The fraction of sp³-hybridized carbons (Fsp3) is 0.462. The van der Waals surface area contributed by atoms with Gasteiger partial charge in [0.2, 0.25) is 10.0 Å². The summed E-state index contributed by atoms with van der Waals surface area (Å²) < 4.78 is 36.4. The van der Waals surface area contributed by atoms with Crippen molar-refractivity contribution in [2.24, 2.45) is 0 Å². The van der Waals surface area contributed by atoms with Crippen LogP contribution in [0.5, 0.6) is 5.75 Å². The lowest BCUT2D eigenvalue weighted by atomic mass is 10.2. The van der Waals surface area contributed by atoms with Crippen LogP contribution in [0.3, 0.4) is 0 Å². The van der Waals surface area contributed by atoms with Crippen LogP contribution in [0.15, 0.2) is 23.1 Å². The van der Waals surface area contributed by atoms with E-state index >= 15 is 0 Å². The highest BCUT2D eigenvalue weighted by molar-refractivity contribution is 7.89. The zero-order valence-electron chi connectivity index (χ0n) is 11.8. The van der Waals surface area contributed by atoms with E-state index in [1.165, 1.54) is 30.7 Å². The van der Waals surface area contributed by atoms with Gasteiger partial charge in [-0.3, -0.25) is 0 Å². The summed E-state index contributed by atoms with van der Waals surface area (Å²) in [5, 5.41) is 9.12. The first-order valence-electron chi connectivity index (χ1n) is 6.34. The van der Waals surface area contributed by atoms with Gasteiger partial charge in [0.1, 0.15) is 11.3 Å². The van der Waals surface area contributed by atoms with E-state index < -0.39 is 16.0 Å². The van der Waals surface area contributed by atoms with Crippen molar-refractivity contribution in [2.75, 3.05) is 27.3 Å². The summed E-state index contributed by atoms with van der Waals surface area (Å²) in [6, 6.07) is 3.82. The van der Waals surface area contributed by atoms with E-state index in [2.05, 4.69) is 0 Å². The molecule has 1 N–H and O–H groups in total. The van der Waals surface area contributed by atoms with Crippen molar-refractivity contribution in [3.8, 4) is 5.75 Å². The van der Waals surface area contributed by atoms with Crippen molar-refractivity contribution >= 4 is 16.0 Å². The predicted octanol–water partition coefficient (Wildman–Crippen LogP) is 0.803. The van der Waals surface area contributed by atoms with Gasteiger partial charge in [-0.25, -0.2) is 13.2 Å². The van der Waals surface area contributed by atoms with Gasteiger partial charge in [-0.1, -0.05) is 0 Å². The number of methoxy groups -OCH3 is 2. The molecule has 21 heavy (non-hydrogen) atoms. The number of aromatic carboxylic acids is 1. The highest BCUT2D eigenvalue weighted by atomic mass is 32.2. The summed E-state index contributed by atoms with van der Waals surface area (Å²) in [4.78, 5) is 11.1. The van der Waals surface area contributed by atoms with Crippen LogP contribution in [-0.4, -0.2) is 57.2 Å². The van der Waals surface area contributed by atoms with Crippen LogP contribution < -0.4 is 4.74 Å². The lowest BCUT2D eigenvalue weighted by molar-refractivity contribution is 0.0693.